The minimum atomic E-state index is -0.0536. The van der Waals surface area contributed by atoms with Crippen molar-refractivity contribution in [3.8, 4) is 0 Å². The van der Waals surface area contributed by atoms with Crippen molar-refractivity contribution >= 4 is 23.2 Å². The van der Waals surface area contributed by atoms with Gasteiger partial charge in [-0.05, 0) is 56.8 Å². The van der Waals surface area contributed by atoms with Gasteiger partial charge in [-0.15, -0.1) is 0 Å². The van der Waals surface area contributed by atoms with Gasteiger partial charge >= 0.3 is 0 Å². The summed E-state index contributed by atoms with van der Waals surface area (Å²) in [5, 5.41) is 6.87. The highest BCUT2D eigenvalue weighted by Gasteiger charge is 2.25. The molecule has 5 nitrogen and oxygen atoms in total. The third-order valence-corrected chi connectivity index (χ3v) is 5.19. The van der Waals surface area contributed by atoms with Gasteiger partial charge in [0.1, 0.15) is 0 Å². The Morgan fingerprint density at radius 2 is 2.23 bits per heavy atom. The number of piperidine rings is 1. The molecule has 146 valence electrons. The summed E-state index contributed by atoms with van der Waals surface area (Å²) in [6.45, 7) is 11.4. The first kappa shape index (κ1) is 21.2. The van der Waals surface area contributed by atoms with Crippen LogP contribution in [-0.4, -0.2) is 56.2 Å². The Morgan fingerprint density at radius 1 is 1.42 bits per heavy atom. The van der Waals surface area contributed by atoms with Crippen LogP contribution in [0.2, 0.25) is 5.02 Å². The summed E-state index contributed by atoms with van der Waals surface area (Å²) in [4.78, 5) is 14.7. The maximum atomic E-state index is 12.2. The predicted octanol–water partition coefficient (Wildman–Crippen LogP) is 3.31. The van der Waals surface area contributed by atoms with E-state index in [4.69, 9.17) is 16.3 Å². The Morgan fingerprint density at radius 3 is 2.92 bits per heavy atom. The van der Waals surface area contributed by atoms with E-state index in [0.717, 1.165) is 51.3 Å². The highest BCUT2D eigenvalue weighted by atomic mass is 35.5. The van der Waals surface area contributed by atoms with Crippen LogP contribution in [0.15, 0.2) is 18.2 Å². The van der Waals surface area contributed by atoms with Crippen molar-refractivity contribution < 1.29 is 9.53 Å². The number of aryl methyl sites for hydroxylation is 1. The minimum absolute atomic E-state index is 0.0536. The molecule has 0 saturated carbocycles. The van der Waals surface area contributed by atoms with Crippen molar-refractivity contribution in [3.05, 3.63) is 28.8 Å². The van der Waals surface area contributed by atoms with Crippen LogP contribution < -0.4 is 10.6 Å². The number of likely N-dealkylation sites (tertiary alicyclic amines) is 1. The van der Waals surface area contributed by atoms with Crippen molar-refractivity contribution in [2.45, 2.75) is 39.7 Å². The maximum absolute atomic E-state index is 12.2. The van der Waals surface area contributed by atoms with Crippen molar-refractivity contribution in [2.75, 3.05) is 44.7 Å². The number of amides is 1. The summed E-state index contributed by atoms with van der Waals surface area (Å²) in [6.07, 6.45) is 2.15. The van der Waals surface area contributed by atoms with Crippen LogP contribution in [0, 0.1) is 12.8 Å². The fourth-order valence-electron chi connectivity index (χ4n) is 3.41. The summed E-state index contributed by atoms with van der Waals surface area (Å²) in [5.74, 6) is 0.466. The molecule has 0 bridgehead atoms. The van der Waals surface area contributed by atoms with Gasteiger partial charge in [-0.25, -0.2) is 0 Å². The second kappa shape index (κ2) is 10.9. The van der Waals surface area contributed by atoms with Crippen molar-refractivity contribution in [1.29, 1.82) is 0 Å². The van der Waals surface area contributed by atoms with Gasteiger partial charge in [-0.3, -0.25) is 4.79 Å². The quantitative estimate of drug-likeness (QED) is 0.644. The van der Waals surface area contributed by atoms with E-state index in [1.165, 1.54) is 0 Å². The largest absolute Gasteiger partial charge is 0.382 e. The molecule has 1 saturated heterocycles. The Hall–Kier alpha value is -1.14. The molecule has 26 heavy (non-hydrogen) atoms. The molecule has 1 fully saturated rings. The van der Waals surface area contributed by atoms with E-state index in [9.17, 15) is 4.79 Å². The lowest BCUT2D eigenvalue weighted by Crippen LogP contribution is -2.50. The molecule has 1 heterocycles. The standard InChI is InChI=1S/C20H32ClN3O2/c1-4-26-11-5-9-24-10-8-18(16(3)14-24)22-13-20(25)23-19-7-6-15(2)12-17(19)21/h6-7,12,16,18,22H,4-5,8-11,13-14H2,1-3H3,(H,23,25)/t16-,18-/m0/s1. The monoisotopic (exact) mass is 381 g/mol. The normalized spacial score (nSPS) is 20.9. The second-order valence-electron chi connectivity index (χ2n) is 7.14. The Bertz CT molecular complexity index is 582. The smallest absolute Gasteiger partial charge is 0.238 e. The predicted molar refractivity (Wildman–Crippen MR) is 108 cm³/mol. The van der Waals surface area contributed by atoms with Gasteiger partial charge in [0.05, 0.1) is 17.3 Å². The molecule has 2 atom stereocenters. The van der Waals surface area contributed by atoms with Crippen molar-refractivity contribution in [3.63, 3.8) is 0 Å². The third kappa shape index (κ3) is 6.88. The summed E-state index contributed by atoms with van der Waals surface area (Å²) in [5.41, 5.74) is 1.74. The van der Waals surface area contributed by atoms with Gasteiger partial charge in [-0.1, -0.05) is 24.6 Å². The zero-order chi connectivity index (χ0) is 18.9. The number of rotatable bonds is 9. The summed E-state index contributed by atoms with van der Waals surface area (Å²) in [7, 11) is 0. The van der Waals surface area contributed by atoms with Gasteiger partial charge in [0.15, 0.2) is 0 Å². The van der Waals surface area contributed by atoms with Gasteiger partial charge < -0.3 is 20.3 Å². The lowest BCUT2D eigenvalue weighted by Gasteiger charge is -2.37. The number of halogens is 1. The van der Waals surface area contributed by atoms with Crippen LogP contribution in [-0.2, 0) is 9.53 Å². The number of nitrogens with one attached hydrogen (secondary N) is 2. The van der Waals surface area contributed by atoms with Gasteiger partial charge in [0.2, 0.25) is 5.91 Å². The van der Waals surface area contributed by atoms with E-state index in [2.05, 4.69) is 22.5 Å². The Balaban J connectivity index is 1.70. The number of benzene rings is 1. The Kier molecular flexibility index (Phi) is 8.85. The van der Waals surface area contributed by atoms with Crippen LogP contribution in [0.1, 0.15) is 32.3 Å². The number of anilines is 1. The first-order valence-corrected chi connectivity index (χ1v) is 9.97. The van der Waals surface area contributed by atoms with Crippen molar-refractivity contribution in [1.82, 2.24) is 10.2 Å². The molecular formula is C20H32ClN3O2. The van der Waals surface area contributed by atoms with Crippen LogP contribution in [0.5, 0.6) is 0 Å². The second-order valence-corrected chi connectivity index (χ2v) is 7.54. The summed E-state index contributed by atoms with van der Waals surface area (Å²) in [6, 6.07) is 6.02. The Labute approximate surface area is 162 Å². The lowest BCUT2D eigenvalue weighted by atomic mass is 9.93. The van der Waals surface area contributed by atoms with E-state index in [1.807, 2.05) is 32.0 Å². The fourth-order valence-corrected chi connectivity index (χ4v) is 3.69. The van der Waals surface area contributed by atoms with Gasteiger partial charge in [-0.2, -0.15) is 0 Å². The number of nitrogens with zero attached hydrogens (tertiary/aromatic N) is 1. The van der Waals surface area contributed by atoms with E-state index in [0.29, 0.717) is 29.2 Å². The molecule has 2 N–H and O–H groups in total. The van der Waals surface area contributed by atoms with Crippen LogP contribution in [0.4, 0.5) is 5.69 Å². The van der Waals surface area contributed by atoms with Crippen molar-refractivity contribution in [2.24, 2.45) is 5.92 Å². The van der Waals surface area contributed by atoms with E-state index in [1.54, 1.807) is 0 Å². The average Bonchev–Trinajstić information content (AvgIpc) is 2.60. The molecule has 1 aliphatic heterocycles. The maximum Gasteiger partial charge on any atom is 0.238 e. The number of hydrogen-bond donors (Lipinski definition) is 2. The summed E-state index contributed by atoms with van der Waals surface area (Å²) < 4.78 is 5.41. The van der Waals surface area contributed by atoms with E-state index < -0.39 is 0 Å². The van der Waals surface area contributed by atoms with Crippen LogP contribution in [0.3, 0.4) is 0 Å². The van der Waals surface area contributed by atoms with Gasteiger partial charge in [0, 0.05) is 32.3 Å². The van der Waals surface area contributed by atoms with E-state index in [-0.39, 0.29) is 5.91 Å². The molecule has 1 aromatic carbocycles. The highest BCUT2D eigenvalue weighted by molar-refractivity contribution is 6.33. The van der Waals surface area contributed by atoms with Gasteiger partial charge in [0.25, 0.3) is 0 Å². The number of carbonyl (C=O) groups is 1. The average molecular weight is 382 g/mol. The SMILES string of the molecule is CCOCCCN1CC[C@H](NCC(=O)Nc2ccc(C)cc2Cl)[C@@H](C)C1. The molecule has 0 unspecified atom stereocenters. The molecule has 1 aliphatic rings. The molecule has 6 heteroatoms. The molecule has 0 spiro atoms. The molecule has 0 radical (unpaired) electrons. The lowest BCUT2D eigenvalue weighted by molar-refractivity contribution is -0.115. The first-order valence-electron chi connectivity index (χ1n) is 9.59. The van der Waals surface area contributed by atoms with Crippen LogP contribution in [0.25, 0.3) is 0 Å². The number of carbonyl (C=O) groups excluding carboxylic acids is 1. The minimum Gasteiger partial charge on any atom is -0.382 e. The number of hydrogen-bond acceptors (Lipinski definition) is 4. The van der Waals surface area contributed by atoms with Crippen LogP contribution >= 0.6 is 11.6 Å². The topological polar surface area (TPSA) is 53.6 Å². The van der Waals surface area contributed by atoms with E-state index >= 15 is 0 Å². The number of ether oxygens (including phenoxy) is 1. The molecule has 1 amide bonds. The molecule has 0 aliphatic carbocycles. The zero-order valence-electron chi connectivity index (χ0n) is 16.2. The molecule has 0 aromatic heterocycles. The molecule has 1 aromatic rings. The highest BCUT2D eigenvalue weighted by Crippen LogP contribution is 2.22. The third-order valence-electron chi connectivity index (χ3n) is 4.88. The summed E-state index contributed by atoms with van der Waals surface area (Å²) >= 11 is 6.17. The fraction of sp³-hybridized carbons (Fsp3) is 0.650. The molecule has 2 rings (SSSR count). The zero-order valence-corrected chi connectivity index (χ0v) is 16.9. The molecular weight excluding hydrogens is 350 g/mol. The first-order chi connectivity index (χ1) is 12.5.